The summed E-state index contributed by atoms with van der Waals surface area (Å²) in [7, 11) is 0. The number of aromatic nitrogens is 1. The van der Waals surface area contributed by atoms with Gasteiger partial charge >= 0.3 is 0 Å². The fourth-order valence-electron chi connectivity index (χ4n) is 3.22. The van der Waals surface area contributed by atoms with Crippen molar-refractivity contribution in [1.29, 1.82) is 0 Å². The van der Waals surface area contributed by atoms with Crippen molar-refractivity contribution >= 4 is 17.1 Å². The molecule has 3 heteroatoms. The fraction of sp³-hybridized carbons (Fsp3) is 0.692. The number of fused-ring (bicyclic) bond motifs is 1. The molecular formula is C13H17NOS. The third-order valence-corrected chi connectivity index (χ3v) is 4.99. The molecule has 1 aromatic rings. The van der Waals surface area contributed by atoms with Crippen LogP contribution in [-0.2, 0) is 11.2 Å². The first-order valence-electron chi connectivity index (χ1n) is 6.19. The monoisotopic (exact) mass is 235 g/mol. The highest BCUT2D eigenvalue weighted by Crippen LogP contribution is 2.56. The van der Waals surface area contributed by atoms with E-state index < -0.39 is 0 Å². The van der Waals surface area contributed by atoms with Crippen LogP contribution in [0.15, 0.2) is 5.38 Å². The van der Waals surface area contributed by atoms with Crippen LogP contribution in [0.1, 0.15) is 36.4 Å². The first-order valence-corrected chi connectivity index (χ1v) is 7.07. The van der Waals surface area contributed by atoms with E-state index in [1.54, 1.807) is 11.3 Å². The van der Waals surface area contributed by atoms with E-state index in [1.165, 1.54) is 25.7 Å². The Balaban J connectivity index is 1.62. The molecule has 3 rings (SSSR count). The molecule has 2 saturated carbocycles. The van der Waals surface area contributed by atoms with Gasteiger partial charge in [0.05, 0.1) is 6.42 Å². The summed E-state index contributed by atoms with van der Waals surface area (Å²) < 4.78 is 0. The van der Waals surface area contributed by atoms with Gasteiger partial charge in [0.25, 0.3) is 0 Å². The molecule has 2 nitrogen and oxygen atoms in total. The molecule has 0 amide bonds. The summed E-state index contributed by atoms with van der Waals surface area (Å²) >= 11 is 1.62. The molecule has 0 N–H and O–H groups in total. The quantitative estimate of drug-likeness (QED) is 0.806. The maximum Gasteiger partial charge on any atom is 0.143 e. The number of ketones is 1. The number of carbonyl (C=O) groups excluding carboxylic acids is 1. The highest BCUT2D eigenvalue weighted by atomic mass is 32.1. The molecule has 0 aliphatic heterocycles. The van der Waals surface area contributed by atoms with Crippen molar-refractivity contribution in [1.82, 2.24) is 4.98 Å². The van der Waals surface area contributed by atoms with Gasteiger partial charge < -0.3 is 0 Å². The van der Waals surface area contributed by atoms with Crippen molar-refractivity contribution in [3.63, 3.8) is 0 Å². The second kappa shape index (κ2) is 3.95. The second-order valence-corrected chi connectivity index (χ2v) is 6.11. The Hall–Kier alpha value is -0.700. The Morgan fingerprint density at radius 2 is 2.12 bits per heavy atom. The standard InChI is InChI=1S/C13H17NOS/c1-8-7-16-12(14-8)6-11(15)13-9-4-2-3-5-10(9)13/h7,9-10,13H,2-6H2,1H3. The Morgan fingerprint density at radius 3 is 2.69 bits per heavy atom. The minimum Gasteiger partial charge on any atom is -0.299 e. The number of carbonyl (C=O) groups is 1. The van der Waals surface area contributed by atoms with Crippen LogP contribution in [0.2, 0.25) is 0 Å². The summed E-state index contributed by atoms with van der Waals surface area (Å²) in [5, 5.41) is 3.04. The van der Waals surface area contributed by atoms with Crippen LogP contribution in [-0.4, -0.2) is 10.8 Å². The van der Waals surface area contributed by atoms with Crippen LogP contribution in [0.25, 0.3) is 0 Å². The minimum absolute atomic E-state index is 0.395. The van der Waals surface area contributed by atoms with Gasteiger partial charge in [0.15, 0.2) is 0 Å². The molecule has 0 radical (unpaired) electrons. The van der Waals surface area contributed by atoms with Crippen molar-refractivity contribution in [2.24, 2.45) is 17.8 Å². The van der Waals surface area contributed by atoms with Gasteiger partial charge in [0, 0.05) is 17.0 Å². The SMILES string of the molecule is Cc1csc(CC(=O)C2C3CCCCC32)n1. The molecule has 0 bridgehead atoms. The zero-order valence-corrected chi connectivity index (χ0v) is 10.4. The molecule has 1 heterocycles. The van der Waals surface area contributed by atoms with Gasteiger partial charge in [-0.2, -0.15) is 0 Å². The number of hydrogen-bond acceptors (Lipinski definition) is 3. The van der Waals surface area contributed by atoms with Crippen LogP contribution in [0.3, 0.4) is 0 Å². The van der Waals surface area contributed by atoms with E-state index in [9.17, 15) is 4.79 Å². The Bertz CT molecular complexity index is 400. The summed E-state index contributed by atoms with van der Waals surface area (Å²) in [5.41, 5.74) is 1.04. The molecular weight excluding hydrogens is 218 g/mol. The van der Waals surface area contributed by atoms with E-state index >= 15 is 0 Å². The van der Waals surface area contributed by atoms with E-state index in [4.69, 9.17) is 0 Å². The highest BCUT2D eigenvalue weighted by Gasteiger charge is 2.54. The lowest BCUT2D eigenvalue weighted by molar-refractivity contribution is -0.120. The first kappa shape index (κ1) is 10.5. The highest BCUT2D eigenvalue weighted by molar-refractivity contribution is 7.09. The summed E-state index contributed by atoms with van der Waals surface area (Å²) in [6, 6.07) is 0. The number of hydrogen-bond donors (Lipinski definition) is 0. The van der Waals surface area contributed by atoms with Crippen molar-refractivity contribution in [3.8, 4) is 0 Å². The molecule has 2 unspecified atom stereocenters. The van der Waals surface area contributed by atoms with Crippen LogP contribution < -0.4 is 0 Å². The third kappa shape index (κ3) is 1.81. The maximum absolute atomic E-state index is 12.1. The average Bonchev–Trinajstić information content (AvgIpc) is 2.88. The normalized spacial score (nSPS) is 32.2. The number of thiazole rings is 1. The molecule has 0 spiro atoms. The first-order chi connectivity index (χ1) is 7.75. The molecule has 1 aromatic heterocycles. The molecule has 0 aromatic carbocycles. The lowest BCUT2D eigenvalue weighted by atomic mass is 10.0. The van der Waals surface area contributed by atoms with Crippen LogP contribution in [0.4, 0.5) is 0 Å². The van der Waals surface area contributed by atoms with Crippen molar-refractivity contribution in [3.05, 3.63) is 16.1 Å². The summed E-state index contributed by atoms with van der Waals surface area (Å²) in [6.45, 7) is 1.99. The van der Waals surface area contributed by atoms with E-state index in [0.717, 1.165) is 22.5 Å². The van der Waals surface area contributed by atoms with Gasteiger partial charge in [0.1, 0.15) is 10.8 Å². The van der Waals surface area contributed by atoms with Gasteiger partial charge in [-0.3, -0.25) is 4.79 Å². The molecule has 2 fully saturated rings. The lowest BCUT2D eigenvalue weighted by Crippen LogP contribution is -2.07. The fourth-order valence-corrected chi connectivity index (χ4v) is 4.00. The van der Waals surface area contributed by atoms with E-state index in [0.29, 0.717) is 18.1 Å². The van der Waals surface area contributed by atoms with Gasteiger partial charge in [-0.15, -0.1) is 11.3 Å². The minimum atomic E-state index is 0.395. The summed E-state index contributed by atoms with van der Waals surface area (Å²) in [5.74, 6) is 2.32. The number of nitrogens with zero attached hydrogens (tertiary/aromatic N) is 1. The average molecular weight is 235 g/mol. The Morgan fingerprint density at radius 1 is 1.44 bits per heavy atom. The molecule has 2 atom stereocenters. The zero-order chi connectivity index (χ0) is 11.1. The van der Waals surface area contributed by atoms with E-state index in [1.807, 2.05) is 12.3 Å². The van der Waals surface area contributed by atoms with Crippen LogP contribution in [0.5, 0.6) is 0 Å². The number of aryl methyl sites for hydroxylation is 1. The predicted molar refractivity (Wildman–Crippen MR) is 64.5 cm³/mol. The van der Waals surface area contributed by atoms with Crippen molar-refractivity contribution < 1.29 is 4.79 Å². The molecule has 2 aliphatic rings. The van der Waals surface area contributed by atoms with Gasteiger partial charge in [-0.1, -0.05) is 12.8 Å². The Labute approximate surface area is 100 Å². The van der Waals surface area contributed by atoms with Crippen molar-refractivity contribution in [2.45, 2.75) is 39.0 Å². The smallest absolute Gasteiger partial charge is 0.143 e. The topological polar surface area (TPSA) is 30.0 Å². The number of Topliss-reactive ketones (excluding diaryl/α,β-unsaturated/α-hetero) is 1. The second-order valence-electron chi connectivity index (χ2n) is 5.16. The zero-order valence-electron chi connectivity index (χ0n) is 9.61. The lowest BCUT2D eigenvalue weighted by Gasteiger charge is -2.04. The molecule has 86 valence electrons. The molecule has 0 saturated heterocycles. The maximum atomic E-state index is 12.1. The Kier molecular flexibility index (Phi) is 2.58. The number of rotatable bonds is 3. The van der Waals surface area contributed by atoms with Crippen LogP contribution >= 0.6 is 11.3 Å². The molecule has 16 heavy (non-hydrogen) atoms. The predicted octanol–water partition coefficient (Wildman–Crippen LogP) is 3.00. The van der Waals surface area contributed by atoms with E-state index in [2.05, 4.69) is 4.98 Å². The van der Waals surface area contributed by atoms with Crippen molar-refractivity contribution in [2.75, 3.05) is 0 Å². The van der Waals surface area contributed by atoms with Gasteiger partial charge in [-0.05, 0) is 31.6 Å². The summed E-state index contributed by atoms with van der Waals surface area (Å²) in [4.78, 5) is 16.5. The van der Waals surface area contributed by atoms with Gasteiger partial charge in [0.2, 0.25) is 0 Å². The van der Waals surface area contributed by atoms with Gasteiger partial charge in [-0.25, -0.2) is 4.98 Å². The van der Waals surface area contributed by atoms with Crippen LogP contribution in [0, 0.1) is 24.7 Å². The third-order valence-electron chi connectivity index (χ3n) is 4.02. The summed E-state index contributed by atoms with van der Waals surface area (Å²) in [6.07, 6.45) is 5.83. The van der Waals surface area contributed by atoms with E-state index in [-0.39, 0.29) is 0 Å². The molecule has 2 aliphatic carbocycles. The largest absolute Gasteiger partial charge is 0.299 e.